The smallest absolute Gasteiger partial charge is 0.123 e. The summed E-state index contributed by atoms with van der Waals surface area (Å²) in [4.78, 5) is 0.637. The van der Waals surface area contributed by atoms with Crippen LogP contribution in [0.2, 0.25) is 0 Å². The number of rotatable bonds is 6. The van der Waals surface area contributed by atoms with Gasteiger partial charge in [0.15, 0.2) is 0 Å². The van der Waals surface area contributed by atoms with Crippen molar-refractivity contribution in [2.24, 2.45) is 0 Å². The Labute approximate surface area is 106 Å². The third kappa shape index (κ3) is 4.65. The van der Waals surface area contributed by atoms with Gasteiger partial charge >= 0.3 is 0 Å². The van der Waals surface area contributed by atoms with E-state index in [1.165, 1.54) is 31.2 Å². The summed E-state index contributed by atoms with van der Waals surface area (Å²) < 4.78 is 12.9. The molecule has 0 aromatic heterocycles. The third-order valence-electron chi connectivity index (χ3n) is 2.87. The Balaban J connectivity index is 2.37. The Morgan fingerprint density at radius 3 is 2.69 bits per heavy atom. The summed E-state index contributed by atoms with van der Waals surface area (Å²) in [6.45, 7) is 4.19. The van der Waals surface area contributed by atoms with Gasteiger partial charge in [0.1, 0.15) is 5.82 Å². The van der Waals surface area contributed by atoms with Gasteiger partial charge in [0.05, 0.1) is 0 Å². The molecule has 0 bridgehead atoms. The van der Waals surface area contributed by atoms with E-state index < -0.39 is 0 Å². The van der Waals surface area contributed by atoms with Gasteiger partial charge in [0.25, 0.3) is 0 Å². The van der Waals surface area contributed by atoms with Gasteiger partial charge in [-0.2, -0.15) is 0 Å². The molecule has 0 aliphatic rings. The van der Waals surface area contributed by atoms with Crippen molar-refractivity contribution in [1.82, 2.24) is 0 Å². The molecule has 1 rings (SSSR count). The van der Waals surface area contributed by atoms with Gasteiger partial charge in [0.2, 0.25) is 0 Å². The zero-order valence-corrected chi connectivity index (χ0v) is 11.7. The second-order valence-electron chi connectivity index (χ2n) is 4.35. The first kappa shape index (κ1) is 13.7. The summed E-state index contributed by atoms with van der Waals surface area (Å²) in [7, 11) is 0. The molecule has 1 unspecified atom stereocenters. The van der Waals surface area contributed by atoms with E-state index in [1.807, 2.05) is 13.0 Å². The van der Waals surface area contributed by atoms with Crippen LogP contribution in [-0.4, -0.2) is 4.83 Å². The highest BCUT2D eigenvalue weighted by Gasteiger charge is 2.04. The van der Waals surface area contributed by atoms with Gasteiger partial charge in [-0.3, -0.25) is 0 Å². The van der Waals surface area contributed by atoms with Crippen LogP contribution in [0.15, 0.2) is 18.2 Å². The van der Waals surface area contributed by atoms with E-state index >= 15 is 0 Å². The monoisotopic (exact) mass is 286 g/mol. The minimum atomic E-state index is -0.134. The standard InChI is InChI=1S/C14H20BrF/c1-3-5-13(15)7-4-6-12-8-9-14(16)10-11(12)2/h8-10,13H,3-7H2,1-2H3. The zero-order chi connectivity index (χ0) is 12.0. The first-order chi connectivity index (χ1) is 7.63. The van der Waals surface area contributed by atoms with Crippen LogP contribution in [0.3, 0.4) is 0 Å². The Hall–Kier alpha value is -0.370. The average molecular weight is 287 g/mol. The fourth-order valence-corrected chi connectivity index (χ4v) is 2.69. The molecule has 0 spiro atoms. The fourth-order valence-electron chi connectivity index (χ4n) is 1.91. The van der Waals surface area contributed by atoms with Crippen molar-refractivity contribution in [2.45, 2.75) is 50.8 Å². The molecule has 0 nitrogen and oxygen atoms in total. The number of alkyl halides is 1. The highest BCUT2D eigenvalue weighted by atomic mass is 79.9. The van der Waals surface area contributed by atoms with Gasteiger partial charge in [0, 0.05) is 4.83 Å². The number of hydrogen-bond donors (Lipinski definition) is 0. The van der Waals surface area contributed by atoms with E-state index in [9.17, 15) is 4.39 Å². The van der Waals surface area contributed by atoms with Crippen LogP contribution in [0.1, 0.15) is 43.7 Å². The lowest BCUT2D eigenvalue weighted by atomic mass is 10.0. The maximum atomic E-state index is 12.9. The van der Waals surface area contributed by atoms with E-state index in [0.29, 0.717) is 4.83 Å². The third-order valence-corrected chi connectivity index (χ3v) is 3.79. The van der Waals surface area contributed by atoms with Crippen molar-refractivity contribution in [1.29, 1.82) is 0 Å². The average Bonchev–Trinajstić information content (AvgIpc) is 2.22. The normalized spacial score (nSPS) is 12.8. The maximum Gasteiger partial charge on any atom is 0.123 e. The van der Waals surface area contributed by atoms with E-state index in [4.69, 9.17) is 0 Å². The predicted molar refractivity (Wildman–Crippen MR) is 71.7 cm³/mol. The van der Waals surface area contributed by atoms with Gasteiger partial charge in [-0.25, -0.2) is 4.39 Å². The first-order valence-electron chi connectivity index (χ1n) is 6.02. The second kappa shape index (κ2) is 7.05. The molecule has 1 atom stereocenters. The molecule has 2 heteroatoms. The van der Waals surface area contributed by atoms with Crippen molar-refractivity contribution in [2.75, 3.05) is 0 Å². The molecule has 0 aliphatic carbocycles. The molecule has 0 N–H and O–H groups in total. The SMILES string of the molecule is CCCC(Br)CCCc1ccc(F)cc1C. The summed E-state index contributed by atoms with van der Waals surface area (Å²) in [5.41, 5.74) is 2.35. The first-order valence-corrected chi connectivity index (χ1v) is 6.94. The highest BCUT2D eigenvalue weighted by molar-refractivity contribution is 9.09. The highest BCUT2D eigenvalue weighted by Crippen LogP contribution is 2.18. The lowest BCUT2D eigenvalue weighted by molar-refractivity contribution is 0.623. The summed E-state index contributed by atoms with van der Waals surface area (Å²) in [5, 5.41) is 0. The molecule has 1 aromatic rings. The van der Waals surface area contributed by atoms with Crippen molar-refractivity contribution in [3.63, 3.8) is 0 Å². The predicted octanol–water partition coefficient (Wildman–Crippen LogP) is 5.02. The molecule has 90 valence electrons. The Kier molecular flexibility index (Phi) is 6.04. The Morgan fingerprint density at radius 1 is 1.31 bits per heavy atom. The van der Waals surface area contributed by atoms with Gasteiger partial charge in [-0.1, -0.05) is 35.3 Å². The van der Waals surface area contributed by atoms with E-state index in [0.717, 1.165) is 12.0 Å². The molecule has 0 saturated carbocycles. The lowest BCUT2D eigenvalue weighted by Crippen LogP contribution is -1.99. The number of benzene rings is 1. The van der Waals surface area contributed by atoms with Crippen molar-refractivity contribution < 1.29 is 4.39 Å². The lowest BCUT2D eigenvalue weighted by Gasteiger charge is -2.09. The van der Waals surface area contributed by atoms with E-state index in [-0.39, 0.29) is 5.82 Å². The van der Waals surface area contributed by atoms with Crippen LogP contribution in [0.5, 0.6) is 0 Å². The molecule has 0 heterocycles. The minimum absolute atomic E-state index is 0.134. The van der Waals surface area contributed by atoms with Crippen molar-refractivity contribution in [3.8, 4) is 0 Å². The minimum Gasteiger partial charge on any atom is -0.207 e. The van der Waals surface area contributed by atoms with Crippen LogP contribution < -0.4 is 0 Å². The van der Waals surface area contributed by atoms with Crippen molar-refractivity contribution >= 4 is 15.9 Å². The number of aryl methyl sites for hydroxylation is 2. The number of halogens is 2. The number of hydrogen-bond acceptors (Lipinski definition) is 0. The topological polar surface area (TPSA) is 0 Å². The van der Waals surface area contributed by atoms with E-state index in [2.05, 4.69) is 22.9 Å². The molecule has 16 heavy (non-hydrogen) atoms. The molecule has 0 fully saturated rings. The summed E-state index contributed by atoms with van der Waals surface area (Å²) in [6, 6.07) is 5.08. The van der Waals surface area contributed by atoms with Crippen LogP contribution in [-0.2, 0) is 6.42 Å². The Bertz CT molecular complexity index is 323. The van der Waals surface area contributed by atoms with E-state index in [1.54, 1.807) is 12.1 Å². The van der Waals surface area contributed by atoms with Crippen LogP contribution in [0.25, 0.3) is 0 Å². The van der Waals surface area contributed by atoms with Crippen molar-refractivity contribution in [3.05, 3.63) is 35.1 Å². The molecular formula is C14H20BrF. The van der Waals surface area contributed by atoms with Gasteiger partial charge in [-0.15, -0.1) is 0 Å². The summed E-state index contributed by atoms with van der Waals surface area (Å²) in [5.74, 6) is -0.134. The van der Waals surface area contributed by atoms with Crippen LogP contribution in [0, 0.1) is 12.7 Å². The molecule has 0 amide bonds. The van der Waals surface area contributed by atoms with Crippen LogP contribution in [0.4, 0.5) is 4.39 Å². The maximum absolute atomic E-state index is 12.9. The molecule has 0 radical (unpaired) electrons. The quantitative estimate of drug-likeness (QED) is 0.644. The Morgan fingerprint density at radius 2 is 2.06 bits per heavy atom. The largest absolute Gasteiger partial charge is 0.207 e. The molecule has 0 saturated heterocycles. The summed E-state index contributed by atoms with van der Waals surface area (Å²) in [6.07, 6.45) is 5.89. The van der Waals surface area contributed by atoms with Gasteiger partial charge < -0.3 is 0 Å². The second-order valence-corrected chi connectivity index (χ2v) is 5.64. The van der Waals surface area contributed by atoms with Crippen LogP contribution >= 0.6 is 15.9 Å². The molecular weight excluding hydrogens is 267 g/mol. The molecule has 0 aliphatic heterocycles. The fraction of sp³-hybridized carbons (Fsp3) is 0.571. The van der Waals surface area contributed by atoms with Gasteiger partial charge in [-0.05, 0) is 55.9 Å². The molecule has 1 aromatic carbocycles. The summed E-state index contributed by atoms with van der Waals surface area (Å²) >= 11 is 3.68. The zero-order valence-electron chi connectivity index (χ0n) is 10.1.